The molecular weight excluding hydrogens is 303 g/mol. The maximum atomic E-state index is 13.2. The molecule has 90 valence electrons. The van der Waals surface area contributed by atoms with Crippen LogP contribution >= 0.6 is 28.3 Å². The molecule has 0 bridgehead atoms. The lowest BCUT2D eigenvalue weighted by Crippen LogP contribution is -2.13. The molecule has 0 spiro atoms. The van der Waals surface area contributed by atoms with E-state index in [1.54, 1.807) is 0 Å². The van der Waals surface area contributed by atoms with E-state index in [0.717, 1.165) is 12.8 Å². The van der Waals surface area contributed by atoms with Crippen molar-refractivity contribution < 1.29 is 13.9 Å². The van der Waals surface area contributed by atoms with E-state index < -0.39 is 23.4 Å². The van der Waals surface area contributed by atoms with Gasteiger partial charge in [0.15, 0.2) is 11.6 Å². The summed E-state index contributed by atoms with van der Waals surface area (Å²) in [4.78, 5) is 0. The number of hydrogen-bond acceptors (Lipinski definition) is 2. The molecule has 1 aliphatic carbocycles. The van der Waals surface area contributed by atoms with Crippen molar-refractivity contribution in [3.8, 4) is 5.75 Å². The van der Waals surface area contributed by atoms with Gasteiger partial charge in [0.05, 0.1) is 4.47 Å². The van der Waals surface area contributed by atoms with E-state index >= 15 is 0 Å². The molecule has 0 unspecified atom stereocenters. The predicted molar refractivity (Wildman–Crippen MR) is 62.6 cm³/mol. The molecule has 0 aliphatic heterocycles. The summed E-state index contributed by atoms with van der Waals surface area (Å²) in [6.45, 7) is 0. The van der Waals surface area contributed by atoms with Gasteiger partial charge in [-0.25, -0.2) is 4.39 Å². The van der Waals surface area contributed by atoms with Gasteiger partial charge in [0.1, 0.15) is 0 Å². The highest BCUT2D eigenvalue weighted by Gasteiger charge is 2.32. The van der Waals surface area contributed by atoms with E-state index in [-0.39, 0.29) is 28.4 Å². The molecule has 2 nitrogen and oxygen atoms in total. The SMILES string of the molecule is Cl.N[C@@H](c1cc(Br)c(F)c(F)c1O)C1CC1. The lowest BCUT2D eigenvalue weighted by molar-refractivity contribution is 0.392. The van der Waals surface area contributed by atoms with Gasteiger partial charge < -0.3 is 10.8 Å². The number of hydrogen-bond donors (Lipinski definition) is 2. The molecule has 1 atom stereocenters. The Balaban J connectivity index is 0.00000128. The summed E-state index contributed by atoms with van der Waals surface area (Å²) in [6, 6.07) is 0.924. The van der Waals surface area contributed by atoms with Gasteiger partial charge in [-0.15, -0.1) is 12.4 Å². The molecule has 1 aromatic carbocycles. The molecule has 0 radical (unpaired) electrons. The highest BCUT2D eigenvalue weighted by Crippen LogP contribution is 2.43. The zero-order valence-corrected chi connectivity index (χ0v) is 10.6. The van der Waals surface area contributed by atoms with Gasteiger partial charge in [-0.3, -0.25) is 0 Å². The van der Waals surface area contributed by atoms with Crippen molar-refractivity contribution in [1.82, 2.24) is 0 Å². The van der Waals surface area contributed by atoms with Crippen LogP contribution in [0, 0.1) is 17.6 Å². The second-order valence-corrected chi connectivity index (χ2v) is 4.64. The average Bonchev–Trinajstić information content (AvgIpc) is 3.03. The standard InChI is InChI=1S/C10H10BrF2NO.ClH/c11-6-3-5(9(14)4-1-2-4)10(15)8(13)7(6)12;/h3-4,9,15H,1-2,14H2;1H/t9-;/m1./s1. The summed E-state index contributed by atoms with van der Waals surface area (Å²) in [5.74, 6) is -2.72. The van der Waals surface area contributed by atoms with Crippen LogP contribution in [-0.2, 0) is 0 Å². The third-order valence-corrected chi connectivity index (χ3v) is 3.23. The second kappa shape index (κ2) is 4.85. The van der Waals surface area contributed by atoms with Crippen molar-refractivity contribution in [3.63, 3.8) is 0 Å². The Morgan fingerprint density at radius 3 is 2.44 bits per heavy atom. The Morgan fingerprint density at radius 1 is 1.38 bits per heavy atom. The van der Waals surface area contributed by atoms with Crippen molar-refractivity contribution >= 4 is 28.3 Å². The lowest BCUT2D eigenvalue weighted by Gasteiger charge is -2.14. The summed E-state index contributed by atoms with van der Waals surface area (Å²) in [6.07, 6.45) is 1.94. The van der Waals surface area contributed by atoms with E-state index in [2.05, 4.69) is 15.9 Å². The first-order valence-electron chi connectivity index (χ1n) is 4.64. The minimum absolute atomic E-state index is 0. The number of halogens is 4. The van der Waals surface area contributed by atoms with Crippen molar-refractivity contribution in [2.24, 2.45) is 11.7 Å². The molecule has 1 aliphatic rings. The van der Waals surface area contributed by atoms with E-state index in [4.69, 9.17) is 5.73 Å². The second-order valence-electron chi connectivity index (χ2n) is 3.79. The summed E-state index contributed by atoms with van der Waals surface area (Å²) in [5.41, 5.74) is 6.09. The smallest absolute Gasteiger partial charge is 0.201 e. The third-order valence-electron chi connectivity index (χ3n) is 2.65. The van der Waals surface area contributed by atoms with Crippen LogP contribution in [0.4, 0.5) is 8.78 Å². The third kappa shape index (κ3) is 2.31. The number of phenolic OH excluding ortho intramolecular Hbond substituents is 1. The van der Waals surface area contributed by atoms with Crippen molar-refractivity contribution in [3.05, 3.63) is 27.7 Å². The minimum atomic E-state index is -1.24. The van der Waals surface area contributed by atoms with Crippen LogP contribution in [0.15, 0.2) is 10.5 Å². The number of aromatic hydroxyl groups is 1. The summed E-state index contributed by atoms with van der Waals surface area (Å²) in [7, 11) is 0. The van der Waals surface area contributed by atoms with Crippen LogP contribution in [0.1, 0.15) is 24.4 Å². The van der Waals surface area contributed by atoms with Crippen LogP contribution in [0.5, 0.6) is 5.75 Å². The van der Waals surface area contributed by atoms with Gasteiger partial charge in [0.2, 0.25) is 5.82 Å². The average molecular weight is 315 g/mol. The molecule has 0 heterocycles. The van der Waals surface area contributed by atoms with Crippen LogP contribution in [0.25, 0.3) is 0 Å². The number of phenols is 1. The normalized spacial score (nSPS) is 16.8. The fraction of sp³-hybridized carbons (Fsp3) is 0.400. The highest BCUT2D eigenvalue weighted by molar-refractivity contribution is 9.10. The van der Waals surface area contributed by atoms with Gasteiger partial charge in [-0.05, 0) is 40.8 Å². The molecule has 0 aromatic heterocycles. The monoisotopic (exact) mass is 313 g/mol. The van der Waals surface area contributed by atoms with Crippen LogP contribution < -0.4 is 5.73 Å². The first-order valence-corrected chi connectivity index (χ1v) is 5.43. The maximum absolute atomic E-state index is 13.2. The maximum Gasteiger partial charge on any atom is 0.201 e. The zero-order valence-electron chi connectivity index (χ0n) is 8.21. The van der Waals surface area contributed by atoms with Gasteiger partial charge in [-0.2, -0.15) is 4.39 Å². The Morgan fingerprint density at radius 2 is 1.94 bits per heavy atom. The fourth-order valence-electron chi connectivity index (χ4n) is 1.57. The number of nitrogens with two attached hydrogens (primary N) is 1. The summed E-state index contributed by atoms with van der Waals surface area (Å²) >= 11 is 2.89. The molecule has 3 N–H and O–H groups in total. The van der Waals surface area contributed by atoms with Crippen LogP contribution in [0.2, 0.25) is 0 Å². The minimum Gasteiger partial charge on any atom is -0.505 e. The van der Waals surface area contributed by atoms with Gasteiger partial charge >= 0.3 is 0 Å². The molecule has 0 amide bonds. The molecule has 6 heteroatoms. The van der Waals surface area contributed by atoms with E-state index in [1.165, 1.54) is 6.07 Å². The molecule has 1 aromatic rings. The molecule has 0 saturated heterocycles. The molecule has 16 heavy (non-hydrogen) atoms. The quantitative estimate of drug-likeness (QED) is 0.823. The van der Waals surface area contributed by atoms with Gasteiger partial charge in [-0.1, -0.05) is 0 Å². The molecule has 1 fully saturated rings. The number of benzene rings is 1. The molecule has 1 saturated carbocycles. The fourth-order valence-corrected chi connectivity index (χ4v) is 1.99. The van der Waals surface area contributed by atoms with Crippen LogP contribution in [-0.4, -0.2) is 5.11 Å². The lowest BCUT2D eigenvalue weighted by atomic mass is 10.0. The predicted octanol–water partition coefficient (Wildman–Crippen LogP) is 3.26. The largest absolute Gasteiger partial charge is 0.505 e. The summed E-state index contributed by atoms with van der Waals surface area (Å²) in [5, 5.41) is 9.43. The van der Waals surface area contributed by atoms with E-state index in [9.17, 15) is 13.9 Å². The van der Waals surface area contributed by atoms with Crippen molar-refractivity contribution in [2.45, 2.75) is 18.9 Å². The highest BCUT2D eigenvalue weighted by atomic mass is 79.9. The number of rotatable bonds is 2. The first kappa shape index (κ1) is 13.7. The van der Waals surface area contributed by atoms with Gasteiger partial charge in [0, 0.05) is 11.6 Å². The molecular formula is C10H11BrClF2NO. The van der Waals surface area contributed by atoms with Crippen molar-refractivity contribution in [2.75, 3.05) is 0 Å². The Labute approximate surface area is 106 Å². The Bertz CT molecular complexity index is 412. The summed E-state index contributed by atoms with van der Waals surface area (Å²) < 4.78 is 26.2. The topological polar surface area (TPSA) is 46.2 Å². The van der Waals surface area contributed by atoms with Crippen LogP contribution in [0.3, 0.4) is 0 Å². The Hall–Kier alpha value is -0.390. The first-order chi connectivity index (χ1) is 7.02. The zero-order chi connectivity index (χ0) is 11.2. The van der Waals surface area contributed by atoms with E-state index in [0.29, 0.717) is 0 Å². The molecule has 2 rings (SSSR count). The van der Waals surface area contributed by atoms with E-state index in [1.807, 2.05) is 0 Å². The Kier molecular flexibility index (Phi) is 4.15. The van der Waals surface area contributed by atoms with Crippen molar-refractivity contribution in [1.29, 1.82) is 0 Å². The van der Waals surface area contributed by atoms with Gasteiger partial charge in [0.25, 0.3) is 0 Å².